The number of thiol groups is 1. The molecule has 0 radical (unpaired) electrons. The van der Waals surface area contributed by atoms with Crippen molar-refractivity contribution in [3.63, 3.8) is 0 Å². The highest BCUT2D eigenvalue weighted by Crippen LogP contribution is 2.21. The van der Waals surface area contributed by atoms with Crippen molar-refractivity contribution < 1.29 is 24.3 Å². The van der Waals surface area contributed by atoms with Crippen LogP contribution in [-0.2, 0) is 19.2 Å². The Balaban J connectivity index is 5.28. The summed E-state index contributed by atoms with van der Waals surface area (Å²) < 4.78 is 1.00. The van der Waals surface area contributed by atoms with E-state index in [9.17, 15) is 24.3 Å². The number of carboxylic acid groups (broad SMARTS) is 1. The summed E-state index contributed by atoms with van der Waals surface area (Å²) >= 11 is 4.66. The highest BCUT2D eigenvalue weighted by Gasteiger charge is 2.34. The molecule has 8 nitrogen and oxygen atoms in total. The molecule has 4 N–H and O–H groups in total. The fraction of sp³-hybridized carbons (Fsp3) is 0.750. The average Bonchev–Trinajstić information content (AvgIpc) is 2.50. The summed E-state index contributed by atoms with van der Waals surface area (Å²) in [6.45, 7) is 8.36. The molecule has 0 aliphatic heterocycles. The van der Waals surface area contributed by atoms with E-state index in [1.165, 1.54) is 6.92 Å². The minimum atomic E-state index is -1.18. The number of carboxylic acids is 1. The van der Waals surface area contributed by atoms with Gasteiger partial charge in [-0.25, -0.2) is 4.79 Å². The molecule has 0 aromatic carbocycles. The summed E-state index contributed by atoms with van der Waals surface area (Å²) in [5.74, 6) is -2.61. The van der Waals surface area contributed by atoms with Crippen LogP contribution in [0.25, 0.3) is 0 Å². The van der Waals surface area contributed by atoms with Crippen LogP contribution in [0, 0.1) is 11.8 Å². The molecule has 0 rings (SSSR count). The second-order valence-corrected chi connectivity index (χ2v) is 8.10. The number of nitrogens with two attached hydrogens (primary N) is 1. The molecule has 0 unspecified atom stereocenters. The van der Waals surface area contributed by atoms with Crippen LogP contribution in [0.1, 0.15) is 41.0 Å². The van der Waals surface area contributed by atoms with E-state index in [0.29, 0.717) is 18.4 Å². The predicted molar refractivity (Wildman–Crippen MR) is 105 cm³/mol. The molecular weight excluding hydrogens is 378 g/mol. The van der Waals surface area contributed by atoms with Gasteiger partial charge in [0.25, 0.3) is 0 Å². The Labute approximate surface area is 164 Å². The maximum absolute atomic E-state index is 12.5. The second-order valence-electron chi connectivity index (χ2n) is 6.76. The Morgan fingerprint density at radius 2 is 1.73 bits per heavy atom. The quantitative estimate of drug-likeness (QED) is 0.330. The number of rotatable bonds is 9. The van der Waals surface area contributed by atoms with Crippen LogP contribution < -0.4 is 11.1 Å². The summed E-state index contributed by atoms with van der Waals surface area (Å²) in [7, 11) is 0. The summed E-state index contributed by atoms with van der Waals surface area (Å²) in [5, 5.41) is 11.2. The van der Waals surface area contributed by atoms with Gasteiger partial charge in [-0.1, -0.05) is 27.7 Å². The van der Waals surface area contributed by atoms with E-state index in [2.05, 4.69) is 17.9 Å². The summed E-state index contributed by atoms with van der Waals surface area (Å²) in [6, 6.07) is -2.98. The topological polar surface area (TPSA) is 130 Å². The number of aliphatic carboxylic acids is 1. The largest absolute Gasteiger partial charge is 0.480 e. The first kappa shape index (κ1) is 24.7. The molecule has 10 heteroatoms. The minimum Gasteiger partial charge on any atom is -0.480 e. The summed E-state index contributed by atoms with van der Waals surface area (Å²) in [5.41, 5.74) is 5.84. The molecule has 0 aromatic heterocycles. The first-order chi connectivity index (χ1) is 11.9. The van der Waals surface area contributed by atoms with Gasteiger partial charge in [-0.15, -0.1) is 0 Å². The maximum atomic E-state index is 12.5. The van der Waals surface area contributed by atoms with Gasteiger partial charge in [-0.3, -0.25) is 18.7 Å². The van der Waals surface area contributed by atoms with Crippen molar-refractivity contribution in [1.82, 2.24) is 9.62 Å². The molecule has 0 heterocycles. The molecule has 0 saturated carbocycles. The first-order valence-corrected chi connectivity index (χ1v) is 9.74. The highest BCUT2D eigenvalue weighted by atomic mass is 32.2. The molecule has 26 heavy (non-hydrogen) atoms. The zero-order valence-electron chi connectivity index (χ0n) is 15.8. The predicted octanol–water partition coefficient (Wildman–Crippen LogP) is 0.907. The van der Waals surface area contributed by atoms with Crippen LogP contribution in [0.5, 0.6) is 0 Å². The Morgan fingerprint density at radius 1 is 1.19 bits per heavy atom. The lowest BCUT2D eigenvalue weighted by molar-refractivity contribution is -0.144. The van der Waals surface area contributed by atoms with Crippen LogP contribution in [0.2, 0.25) is 0 Å². The zero-order valence-corrected chi connectivity index (χ0v) is 17.5. The van der Waals surface area contributed by atoms with E-state index in [-0.39, 0.29) is 17.6 Å². The van der Waals surface area contributed by atoms with E-state index >= 15 is 0 Å². The maximum Gasteiger partial charge on any atom is 0.326 e. The first-order valence-electron chi connectivity index (χ1n) is 8.33. The summed E-state index contributed by atoms with van der Waals surface area (Å²) in [6.07, 6.45) is 0.448. The van der Waals surface area contributed by atoms with E-state index in [4.69, 9.17) is 5.73 Å². The second kappa shape index (κ2) is 11.5. The molecule has 2 amide bonds. The number of amides is 2. The van der Waals surface area contributed by atoms with Crippen molar-refractivity contribution in [3.05, 3.63) is 0 Å². The van der Waals surface area contributed by atoms with E-state index in [0.717, 1.165) is 4.31 Å². The smallest absolute Gasteiger partial charge is 0.326 e. The standard InChI is InChI=1S/C16H29N3O5S2/c1-8(2)6-11(17)16(24)26-19(10(5)20)12(7-25)14(21)18-13(9(3)4)15(22)23/h8-9,11-13,25H,6-7,17H2,1-5H3,(H,18,21)(H,22,23)/t11-,12-,13-/m0/s1. The van der Waals surface area contributed by atoms with Gasteiger partial charge in [0.05, 0.1) is 6.04 Å². The van der Waals surface area contributed by atoms with Crippen molar-refractivity contribution in [3.8, 4) is 0 Å². The van der Waals surface area contributed by atoms with Gasteiger partial charge in [-0.05, 0) is 18.3 Å². The molecule has 0 fully saturated rings. The normalized spacial score (nSPS) is 14.7. The van der Waals surface area contributed by atoms with Gasteiger partial charge < -0.3 is 16.2 Å². The lowest BCUT2D eigenvalue weighted by Gasteiger charge is -2.29. The lowest BCUT2D eigenvalue weighted by atomic mass is 10.0. The third kappa shape index (κ3) is 7.96. The Bertz CT molecular complexity index is 528. The van der Waals surface area contributed by atoms with E-state index < -0.39 is 41.0 Å². The number of nitrogens with zero attached hydrogens (tertiary/aromatic N) is 1. The number of carbonyl (C=O) groups excluding carboxylic acids is 3. The monoisotopic (exact) mass is 407 g/mol. The van der Waals surface area contributed by atoms with Gasteiger partial charge in [-0.2, -0.15) is 12.6 Å². The Hall–Kier alpha value is -1.26. The van der Waals surface area contributed by atoms with Crippen molar-refractivity contribution in [2.45, 2.75) is 59.2 Å². The van der Waals surface area contributed by atoms with Crippen LogP contribution in [0.4, 0.5) is 0 Å². The molecule has 0 spiro atoms. The minimum absolute atomic E-state index is 0.0739. The summed E-state index contributed by atoms with van der Waals surface area (Å²) in [4.78, 5) is 48.0. The van der Waals surface area contributed by atoms with Gasteiger partial charge >= 0.3 is 5.97 Å². The molecule has 150 valence electrons. The number of nitrogens with one attached hydrogen (secondary N) is 1. The van der Waals surface area contributed by atoms with Gasteiger partial charge in [0.15, 0.2) is 0 Å². The third-order valence-corrected chi connectivity index (χ3v) is 5.05. The number of hydrogen-bond acceptors (Lipinski definition) is 7. The van der Waals surface area contributed by atoms with E-state index in [1.54, 1.807) is 13.8 Å². The van der Waals surface area contributed by atoms with Crippen molar-refractivity contribution in [2.24, 2.45) is 17.6 Å². The molecule has 0 bridgehead atoms. The molecule has 3 atom stereocenters. The van der Waals surface area contributed by atoms with Crippen LogP contribution >= 0.6 is 24.6 Å². The van der Waals surface area contributed by atoms with Gasteiger partial charge in [0.2, 0.25) is 16.9 Å². The van der Waals surface area contributed by atoms with Crippen molar-refractivity contribution in [2.75, 3.05) is 5.75 Å². The van der Waals surface area contributed by atoms with Crippen LogP contribution in [0.15, 0.2) is 0 Å². The highest BCUT2D eigenvalue weighted by molar-refractivity contribution is 8.12. The van der Waals surface area contributed by atoms with E-state index in [1.807, 2.05) is 13.8 Å². The molecule has 0 saturated heterocycles. The fourth-order valence-corrected chi connectivity index (χ4v) is 3.43. The van der Waals surface area contributed by atoms with Crippen LogP contribution in [0.3, 0.4) is 0 Å². The van der Waals surface area contributed by atoms with Crippen LogP contribution in [-0.4, -0.2) is 56.2 Å². The Kier molecular flexibility index (Phi) is 10.9. The molecular formula is C16H29N3O5S2. The zero-order chi connectivity index (χ0) is 20.6. The van der Waals surface area contributed by atoms with Gasteiger partial charge in [0.1, 0.15) is 12.1 Å². The fourth-order valence-electron chi connectivity index (χ4n) is 2.14. The SMILES string of the molecule is CC(=O)N(SC(=O)[C@@H](N)CC(C)C)[C@@H](CS)C(=O)N[C@H](C(=O)O)C(C)C. The molecule has 0 aromatic rings. The average molecular weight is 408 g/mol. The van der Waals surface area contributed by atoms with Gasteiger partial charge in [0, 0.05) is 24.6 Å². The number of carbonyl (C=O) groups is 4. The number of hydrogen-bond donors (Lipinski definition) is 4. The third-order valence-electron chi connectivity index (χ3n) is 3.52. The van der Waals surface area contributed by atoms with Crippen molar-refractivity contribution >= 4 is 47.5 Å². The molecule has 0 aliphatic carbocycles. The Morgan fingerprint density at radius 3 is 2.08 bits per heavy atom. The molecule has 0 aliphatic rings. The lowest BCUT2D eigenvalue weighted by Crippen LogP contribution is -2.53. The van der Waals surface area contributed by atoms with Crippen molar-refractivity contribution in [1.29, 1.82) is 0 Å².